The predicted octanol–water partition coefficient (Wildman–Crippen LogP) is 13.6. The van der Waals surface area contributed by atoms with Crippen molar-refractivity contribution in [3.05, 3.63) is 175 Å². The van der Waals surface area contributed by atoms with Gasteiger partial charge in [0.15, 0.2) is 0 Å². The largest absolute Gasteiger partial charge is 0.332 e. The number of thiophene rings is 1. The molecule has 4 nitrogen and oxygen atoms in total. The van der Waals surface area contributed by atoms with Gasteiger partial charge in [-0.2, -0.15) is 11.3 Å². The average Bonchev–Trinajstić information content (AvgIpc) is 3.81. The third kappa shape index (κ3) is 7.72. The number of pyridine rings is 2. The molecule has 0 saturated carbocycles. The van der Waals surface area contributed by atoms with E-state index < -0.39 is 14.0 Å². The summed E-state index contributed by atoms with van der Waals surface area (Å²) in [6.07, 6.45) is 1.98. The van der Waals surface area contributed by atoms with Crippen molar-refractivity contribution in [2.24, 2.45) is 0 Å². The van der Waals surface area contributed by atoms with E-state index in [1.54, 1.807) is 11.3 Å². The molecule has 0 N–H and O–H groups in total. The Morgan fingerprint density at radius 3 is 2.27 bits per heavy atom. The first-order chi connectivity index (χ1) is 28.5. The Morgan fingerprint density at radius 2 is 1.49 bits per heavy atom. The van der Waals surface area contributed by atoms with Crippen molar-refractivity contribution in [3.8, 4) is 39.5 Å². The maximum atomic E-state index is 8.44. The van der Waals surface area contributed by atoms with Crippen LogP contribution in [0, 0.1) is 19.1 Å². The molecular weight excluding hydrogens is 933 g/mol. The van der Waals surface area contributed by atoms with E-state index in [9.17, 15) is 0 Å². The number of aromatic nitrogens is 4. The Balaban J connectivity index is 0.000000202. The Kier molecular flexibility index (Phi) is 10.9. The monoisotopic (exact) mass is 978 g/mol. The van der Waals surface area contributed by atoms with Crippen LogP contribution in [0.15, 0.2) is 152 Å². The van der Waals surface area contributed by atoms with Gasteiger partial charge in [0.2, 0.25) is 0 Å². The van der Waals surface area contributed by atoms with Crippen LogP contribution in [0.2, 0.25) is 19.6 Å². The van der Waals surface area contributed by atoms with Crippen LogP contribution in [0.5, 0.6) is 0 Å². The topological polar surface area (TPSA) is 43.6 Å². The molecule has 59 heavy (non-hydrogen) atoms. The van der Waals surface area contributed by atoms with Crippen molar-refractivity contribution in [1.29, 1.82) is 0 Å². The summed E-state index contributed by atoms with van der Waals surface area (Å²) >= 11 is 1.72. The minimum atomic E-state index is -1.50. The summed E-state index contributed by atoms with van der Waals surface area (Å²) in [4.78, 5) is 15.8. The van der Waals surface area contributed by atoms with Crippen LogP contribution in [0.3, 0.4) is 0 Å². The minimum absolute atomic E-state index is 0. The molecule has 4 heterocycles. The van der Waals surface area contributed by atoms with E-state index in [1.165, 1.54) is 37.9 Å². The zero-order valence-electron chi connectivity index (χ0n) is 35.0. The smallest absolute Gasteiger partial charge is 0.113 e. The van der Waals surface area contributed by atoms with Gasteiger partial charge < -0.3 is 9.55 Å². The van der Waals surface area contributed by atoms with Gasteiger partial charge in [0.1, 0.15) is 4.83 Å². The van der Waals surface area contributed by atoms with Gasteiger partial charge in [0.25, 0.3) is 0 Å². The molecule has 1 radical (unpaired) electrons. The summed E-state index contributed by atoms with van der Waals surface area (Å²) in [5.41, 5.74) is 10.5. The number of aryl methyl sites for hydroxylation is 1. The molecule has 0 fully saturated rings. The van der Waals surface area contributed by atoms with Crippen molar-refractivity contribution < 1.29 is 21.5 Å². The molecule has 0 unspecified atom stereocenters. The summed E-state index contributed by atoms with van der Waals surface area (Å²) in [7, 11) is -1.50. The summed E-state index contributed by atoms with van der Waals surface area (Å²) < 4.78 is 11.9. The molecular formula is C52H44IrN4SSi-2. The molecule has 0 bridgehead atoms. The maximum Gasteiger partial charge on any atom is 0.113 e. The van der Waals surface area contributed by atoms with Crippen molar-refractivity contribution in [2.75, 3.05) is 0 Å². The second kappa shape index (κ2) is 16.6. The van der Waals surface area contributed by atoms with Gasteiger partial charge in [-0.05, 0) is 62.9 Å². The molecule has 7 heteroatoms. The van der Waals surface area contributed by atoms with Gasteiger partial charge in [-0.15, -0.1) is 54.1 Å². The van der Waals surface area contributed by atoms with E-state index in [1.807, 2.05) is 57.3 Å². The van der Waals surface area contributed by atoms with E-state index in [0.717, 1.165) is 60.2 Å². The normalized spacial score (nSPS) is 12.0. The van der Waals surface area contributed by atoms with Gasteiger partial charge in [-0.25, -0.2) is 4.98 Å². The van der Waals surface area contributed by atoms with E-state index in [2.05, 4.69) is 157 Å². The number of nitrogens with zero attached hydrogens (tertiary/aromatic N) is 4. The number of hydrogen-bond donors (Lipinski definition) is 0. The predicted molar refractivity (Wildman–Crippen MR) is 249 cm³/mol. The van der Waals surface area contributed by atoms with Crippen LogP contribution in [0.4, 0.5) is 0 Å². The van der Waals surface area contributed by atoms with E-state index in [0.29, 0.717) is 0 Å². The molecule has 10 aromatic rings. The Hall–Kier alpha value is -5.56. The fourth-order valence-corrected chi connectivity index (χ4v) is 10.6. The van der Waals surface area contributed by atoms with Gasteiger partial charge >= 0.3 is 0 Å². The summed E-state index contributed by atoms with van der Waals surface area (Å²) in [6.45, 7) is 12.8. The fraction of sp³-hybridized carbons (Fsp3) is 0.135. The molecule has 6 aromatic carbocycles. The Morgan fingerprint density at radius 1 is 0.729 bits per heavy atom. The number of rotatable bonds is 6. The van der Waals surface area contributed by atoms with Crippen molar-refractivity contribution in [1.82, 2.24) is 19.5 Å². The molecule has 10 rings (SSSR count). The summed E-state index contributed by atoms with van der Waals surface area (Å²) in [5.74, 6) is 0.279. The molecule has 0 aliphatic heterocycles. The summed E-state index contributed by atoms with van der Waals surface area (Å²) in [5, 5.41) is 6.02. The third-order valence-corrected chi connectivity index (χ3v) is 13.8. The first-order valence-electron chi connectivity index (χ1n) is 20.2. The molecule has 0 atom stereocenters. The van der Waals surface area contributed by atoms with Crippen molar-refractivity contribution in [3.63, 3.8) is 0 Å². The van der Waals surface area contributed by atoms with Crippen LogP contribution in [-0.4, -0.2) is 27.6 Å². The second-order valence-electron chi connectivity index (χ2n) is 16.0. The van der Waals surface area contributed by atoms with Crippen LogP contribution in [-0.2, 0) is 20.1 Å². The van der Waals surface area contributed by atoms with Crippen LogP contribution >= 0.6 is 11.3 Å². The molecule has 0 saturated heterocycles. The van der Waals surface area contributed by atoms with Gasteiger partial charge in [0, 0.05) is 44.3 Å². The van der Waals surface area contributed by atoms with Crippen LogP contribution in [0.1, 0.15) is 32.4 Å². The van der Waals surface area contributed by atoms with Gasteiger partial charge in [0.05, 0.1) is 30.6 Å². The number of fused-ring (bicyclic) bond motifs is 5. The zero-order chi connectivity index (χ0) is 40.9. The standard InChI is InChI=1S/C35H22N3S.C17H22NSi.Ir/c1-22-18-20-28-27-14-9-15-29(33(27)39-35(28)36-22)34-37-30-16-7-8-17-31(30)38(34)32-25-13-6-5-12-24(25)19-21-26(32)23-10-3-2-4-11-23;1-13(2)15-11-16(14-9-7-6-8-10-14)18-12-17(15)19(3,4)5;/h2-14,16-21H,1H3;6-9,11-13H,1-5H3;/q2*-1;/i;13D;. The van der Waals surface area contributed by atoms with Gasteiger partial charge in [-0.1, -0.05) is 141 Å². The molecule has 0 spiro atoms. The third-order valence-electron chi connectivity index (χ3n) is 10.7. The molecule has 0 amide bonds. The van der Waals surface area contributed by atoms with E-state index >= 15 is 0 Å². The Bertz CT molecular complexity index is 3150. The SMILES string of the molecule is Cc1ccc2c(n1)sc1c(-c3nc4ccccc4n3-c3c(-c4ccccc4)ccc4ccccc34)[c-]ccc12.[2H]C(C)(C)c1cc(-c2[c-]cccc2)ncc1[Si](C)(C)C.[Ir]. The summed E-state index contributed by atoms with van der Waals surface area (Å²) in [6, 6.07) is 57.3. The molecule has 0 aliphatic carbocycles. The molecule has 0 aliphatic rings. The fourth-order valence-electron chi connectivity index (χ4n) is 7.81. The quantitative estimate of drug-likeness (QED) is 0.123. The number of benzene rings is 6. The second-order valence-corrected chi connectivity index (χ2v) is 22.0. The number of hydrogen-bond acceptors (Lipinski definition) is 4. The van der Waals surface area contributed by atoms with Crippen molar-refractivity contribution in [2.45, 2.75) is 46.3 Å². The first kappa shape index (κ1) is 38.9. The van der Waals surface area contributed by atoms with Gasteiger partial charge in [-0.3, -0.25) is 4.98 Å². The van der Waals surface area contributed by atoms with Crippen molar-refractivity contribution >= 4 is 66.7 Å². The maximum absolute atomic E-state index is 8.44. The minimum Gasteiger partial charge on any atom is -0.332 e. The molecule has 293 valence electrons. The number of para-hydroxylation sites is 2. The van der Waals surface area contributed by atoms with E-state index in [4.69, 9.17) is 11.3 Å². The van der Waals surface area contributed by atoms with Crippen LogP contribution in [0.25, 0.3) is 81.6 Å². The zero-order valence-corrected chi connectivity index (χ0v) is 38.2. The van der Waals surface area contributed by atoms with E-state index in [-0.39, 0.29) is 20.1 Å². The molecule has 4 aromatic heterocycles. The Labute approximate surface area is 366 Å². The average molecular weight is 978 g/mol. The first-order valence-corrected chi connectivity index (χ1v) is 24.0. The van der Waals surface area contributed by atoms with Crippen LogP contribution < -0.4 is 5.19 Å². The number of imidazole rings is 1.